The zero-order valence-electron chi connectivity index (χ0n) is 14.4. The van der Waals surface area contributed by atoms with Gasteiger partial charge in [-0.2, -0.15) is 0 Å². The molecule has 25 heavy (non-hydrogen) atoms. The van der Waals surface area contributed by atoms with Gasteiger partial charge in [0, 0.05) is 29.6 Å². The fourth-order valence-corrected chi connectivity index (χ4v) is 3.68. The van der Waals surface area contributed by atoms with Crippen LogP contribution in [0.5, 0.6) is 0 Å². The van der Waals surface area contributed by atoms with Gasteiger partial charge in [0.05, 0.1) is 16.3 Å². The molecular formula is C19H19N3O2S. The molecule has 3 rings (SSSR count). The molecular weight excluding hydrogens is 334 g/mol. The van der Waals surface area contributed by atoms with E-state index in [-0.39, 0.29) is 10.6 Å². The molecule has 0 unspecified atom stereocenters. The molecule has 0 saturated carbocycles. The van der Waals surface area contributed by atoms with Crippen molar-refractivity contribution in [3.63, 3.8) is 0 Å². The van der Waals surface area contributed by atoms with E-state index in [0.717, 1.165) is 33.9 Å². The second-order valence-corrected chi connectivity index (χ2v) is 6.62. The highest BCUT2D eigenvalue weighted by Crippen LogP contribution is 2.25. The first kappa shape index (κ1) is 17.1. The van der Waals surface area contributed by atoms with E-state index >= 15 is 0 Å². The van der Waals surface area contributed by atoms with Gasteiger partial charge in [0.1, 0.15) is 0 Å². The smallest absolute Gasteiger partial charge is 0.270 e. The normalized spacial score (nSPS) is 11.7. The zero-order chi connectivity index (χ0) is 18.0. The monoisotopic (exact) mass is 353 g/mol. The van der Waals surface area contributed by atoms with E-state index in [9.17, 15) is 10.1 Å². The molecule has 5 nitrogen and oxygen atoms in total. The molecule has 0 fully saturated rings. The lowest BCUT2D eigenvalue weighted by Gasteiger charge is -2.07. The molecule has 0 atom stereocenters. The molecule has 1 aromatic heterocycles. The van der Waals surface area contributed by atoms with Gasteiger partial charge in [0.15, 0.2) is 4.80 Å². The van der Waals surface area contributed by atoms with E-state index in [0.29, 0.717) is 0 Å². The van der Waals surface area contributed by atoms with Gasteiger partial charge in [-0.25, -0.2) is 4.99 Å². The lowest BCUT2D eigenvalue weighted by molar-refractivity contribution is -0.384. The highest BCUT2D eigenvalue weighted by molar-refractivity contribution is 7.07. The standard InChI is InChI=1S/C19H19N3O2S/c1-4-21-18(15-8-6-9-16(11-15)22(23)24)12-25-19(21)20-17-10-5-7-13(2)14(17)3/h5-12H,4H2,1-3H3. The molecule has 0 amide bonds. The number of benzene rings is 2. The van der Waals surface area contributed by atoms with Gasteiger partial charge < -0.3 is 4.57 Å². The Balaban J connectivity index is 2.14. The van der Waals surface area contributed by atoms with Gasteiger partial charge in [-0.15, -0.1) is 11.3 Å². The van der Waals surface area contributed by atoms with Crippen LogP contribution in [0.3, 0.4) is 0 Å². The Hall–Kier alpha value is -2.73. The molecule has 0 bridgehead atoms. The van der Waals surface area contributed by atoms with Crippen molar-refractivity contribution in [2.24, 2.45) is 4.99 Å². The summed E-state index contributed by atoms with van der Waals surface area (Å²) in [6.07, 6.45) is 0. The Morgan fingerprint density at radius 2 is 1.96 bits per heavy atom. The van der Waals surface area contributed by atoms with E-state index in [2.05, 4.69) is 31.4 Å². The summed E-state index contributed by atoms with van der Waals surface area (Å²) in [5.41, 5.74) is 5.19. The third kappa shape index (κ3) is 3.39. The van der Waals surface area contributed by atoms with Crippen LogP contribution in [0, 0.1) is 24.0 Å². The second-order valence-electron chi connectivity index (χ2n) is 5.79. The van der Waals surface area contributed by atoms with Gasteiger partial charge in [-0.3, -0.25) is 10.1 Å². The molecule has 3 aromatic rings. The predicted molar refractivity (Wildman–Crippen MR) is 101 cm³/mol. The Bertz CT molecular complexity index is 1000. The predicted octanol–water partition coefficient (Wildman–Crippen LogP) is 4.99. The molecule has 128 valence electrons. The zero-order valence-corrected chi connectivity index (χ0v) is 15.2. The number of non-ortho nitro benzene ring substituents is 1. The maximum atomic E-state index is 11.0. The summed E-state index contributed by atoms with van der Waals surface area (Å²) in [7, 11) is 0. The first-order valence-corrected chi connectivity index (χ1v) is 8.93. The van der Waals surface area contributed by atoms with E-state index in [1.165, 1.54) is 11.6 Å². The van der Waals surface area contributed by atoms with Gasteiger partial charge >= 0.3 is 0 Å². The molecule has 0 saturated heterocycles. The number of hydrogen-bond donors (Lipinski definition) is 0. The minimum Gasteiger partial charge on any atom is -0.317 e. The highest BCUT2D eigenvalue weighted by Gasteiger charge is 2.11. The third-order valence-corrected chi connectivity index (χ3v) is 5.12. The lowest BCUT2D eigenvalue weighted by atomic mass is 10.1. The third-order valence-electron chi connectivity index (χ3n) is 4.26. The number of nitro benzene ring substituents is 1. The van der Waals surface area contributed by atoms with Crippen molar-refractivity contribution in [2.45, 2.75) is 27.3 Å². The fourth-order valence-electron chi connectivity index (χ4n) is 2.69. The van der Waals surface area contributed by atoms with Gasteiger partial charge in [0.25, 0.3) is 5.69 Å². The second kappa shape index (κ2) is 7.03. The first-order valence-electron chi connectivity index (χ1n) is 8.05. The van der Waals surface area contributed by atoms with Crippen molar-refractivity contribution in [2.75, 3.05) is 0 Å². The van der Waals surface area contributed by atoms with E-state index in [1.54, 1.807) is 23.5 Å². The molecule has 0 spiro atoms. The number of aryl methyl sites for hydroxylation is 1. The Morgan fingerprint density at radius 3 is 2.68 bits per heavy atom. The van der Waals surface area contributed by atoms with E-state index in [4.69, 9.17) is 4.99 Å². The summed E-state index contributed by atoms with van der Waals surface area (Å²) in [4.78, 5) is 16.4. The Labute approximate surface area is 150 Å². The molecule has 0 aliphatic heterocycles. The number of nitrogens with zero attached hydrogens (tertiary/aromatic N) is 3. The minimum absolute atomic E-state index is 0.0966. The molecule has 2 aromatic carbocycles. The SMILES string of the molecule is CCn1c(-c2cccc([N+](=O)[O-])c2)csc1=Nc1cccc(C)c1C. The molecule has 1 heterocycles. The average Bonchev–Trinajstić information content (AvgIpc) is 3.01. The van der Waals surface area contributed by atoms with Gasteiger partial charge in [-0.1, -0.05) is 24.3 Å². The molecule has 0 aliphatic carbocycles. The van der Waals surface area contributed by atoms with Crippen LogP contribution >= 0.6 is 11.3 Å². The number of nitro groups is 1. The highest BCUT2D eigenvalue weighted by atomic mass is 32.1. The average molecular weight is 353 g/mol. The van der Waals surface area contributed by atoms with Crippen molar-refractivity contribution >= 4 is 22.7 Å². The van der Waals surface area contributed by atoms with Crippen LogP contribution in [0.25, 0.3) is 11.3 Å². The fraction of sp³-hybridized carbons (Fsp3) is 0.211. The lowest BCUT2D eigenvalue weighted by Crippen LogP contribution is -2.14. The number of thiazole rings is 1. The van der Waals surface area contributed by atoms with Crippen molar-refractivity contribution in [3.05, 3.63) is 73.9 Å². The minimum atomic E-state index is -0.368. The maximum Gasteiger partial charge on any atom is 0.270 e. The maximum absolute atomic E-state index is 11.0. The summed E-state index contributed by atoms with van der Waals surface area (Å²) < 4.78 is 2.09. The van der Waals surface area contributed by atoms with Crippen molar-refractivity contribution in [3.8, 4) is 11.3 Å². The summed E-state index contributed by atoms with van der Waals surface area (Å²) in [5, 5.41) is 13.0. The van der Waals surface area contributed by atoms with Crippen LogP contribution in [0.2, 0.25) is 0 Å². The molecule has 0 aliphatic rings. The summed E-state index contributed by atoms with van der Waals surface area (Å²) in [6.45, 7) is 6.94. The van der Waals surface area contributed by atoms with E-state index < -0.39 is 0 Å². The quantitative estimate of drug-likeness (QED) is 0.490. The van der Waals surface area contributed by atoms with Crippen LogP contribution in [-0.2, 0) is 6.54 Å². The first-order chi connectivity index (χ1) is 12.0. The topological polar surface area (TPSA) is 60.4 Å². The van der Waals surface area contributed by atoms with Crippen LogP contribution in [0.4, 0.5) is 11.4 Å². The van der Waals surface area contributed by atoms with Crippen LogP contribution in [0.15, 0.2) is 52.8 Å². The Morgan fingerprint density at radius 1 is 1.20 bits per heavy atom. The molecule has 0 N–H and O–H groups in total. The molecule has 0 radical (unpaired) electrons. The Kier molecular flexibility index (Phi) is 4.81. The van der Waals surface area contributed by atoms with Crippen molar-refractivity contribution < 1.29 is 4.92 Å². The van der Waals surface area contributed by atoms with Crippen LogP contribution in [-0.4, -0.2) is 9.49 Å². The number of hydrogen-bond acceptors (Lipinski definition) is 4. The number of aromatic nitrogens is 1. The summed E-state index contributed by atoms with van der Waals surface area (Å²) in [5.74, 6) is 0. The van der Waals surface area contributed by atoms with E-state index in [1.807, 2.05) is 23.6 Å². The largest absolute Gasteiger partial charge is 0.317 e. The summed E-state index contributed by atoms with van der Waals surface area (Å²) >= 11 is 1.55. The van der Waals surface area contributed by atoms with Crippen LogP contribution < -0.4 is 4.80 Å². The molecule has 6 heteroatoms. The van der Waals surface area contributed by atoms with Crippen molar-refractivity contribution in [1.82, 2.24) is 4.57 Å². The number of rotatable bonds is 4. The van der Waals surface area contributed by atoms with Gasteiger partial charge in [-0.05, 0) is 38.0 Å². The summed E-state index contributed by atoms with van der Waals surface area (Å²) in [6, 6.07) is 12.8. The van der Waals surface area contributed by atoms with Crippen molar-refractivity contribution in [1.29, 1.82) is 0 Å². The van der Waals surface area contributed by atoms with Crippen LogP contribution in [0.1, 0.15) is 18.1 Å². The van der Waals surface area contributed by atoms with Gasteiger partial charge in [0.2, 0.25) is 0 Å².